The Morgan fingerprint density at radius 3 is 2.29 bits per heavy atom. The fourth-order valence-corrected chi connectivity index (χ4v) is 2.32. The van der Waals surface area contributed by atoms with Gasteiger partial charge in [0.25, 0.3) is 0 Å². The Kier molecular flexibility index (Phi) is 4.73. The highest BCUT2D eigenvalue weighted by atomic mass is 16.4. The molecule has 0 aliphatic carbocycles. The van der Waals surface area contributed by atoms with Gasteiger partial charge in [-0.05, 0) is 48.5 Å². The molecule has 0 spiro atoms. The van der Waals surface area contributed by atoms with Crippen LogP contribution in [0.3, 0.4) is 0 Å². The van der Waals surface area contributed by atoms with Gasteiger partial charge in [-0.15, -0.1) is 0 Å². The zero-order valence-corrected chi connectivity index (χ0v) is 12.2. The van der Waals surface area contributed by atoms with E-state index in [1.54, 1.807) is 24.3 Å². The standard InChI is InChI=1S/C17H19NO3/c1-18(2)10-12-3-8-16(15(9-12)11-19)13-4-6-14(7-5-13)17(20)21/h3-9,19H,10-11H2,1-2H3,(H,20,21). The third-order valence-corrected chi connectivity index (χ3v) is 3.28. The molecule has 0 atom stereocenters. The number of aliphatic hydroxyl groups is 1. The minimum atomic E-state index is -0.940. The molecule has 4 nitrogen and oxygen atoms in total. The van der Waals surface area contributed by atoms with Crippen LogP contribution in [0.25, 0.3) is 11.1 Å². The largest absolute Gasteiger partial charge is 0.478 e. The first-order chi connectivity index (χ1) is 10.0. The van der Waals surface area contributed by atoms with Gasteiger partial charge in [-0.1, -0.05) is 30.3 Å². The van der Waals surface area contributed by atoms with Crippen molar-refractivity contribution in [3.8, 4) is 11.1 Å². The van der Waals surface area contributed by atoms with Crippen LogP contribution in [-0.4, -0.2) is 35.2 Å². The first-order valence-corrected chi connectivity index (χ1v) is 6.72. The van der Waals surface area contributed by atoms with Crippen molar-refractivity contribution in [3.63, 3.8) is 0 Å². The molecule has 0 unspecified atom stereocenters. The number of rotatable bonds is 5. The summed E-state index contributed by atoms with van der Waals surface area (Å²) in [5, 5.41) is 18.5. The Bertz CT molecular complexity index is 633. The number of carboxylic acids is 1. The molecule has 110 valence electrons. The third-order valence-electron chi connectivity index (χ3n) is 3.28. The summed E-state index contributed by atoms with van der Waals surface area (Å²) in [5.41, 5.74) is 4.07. The van der Waals surface area contributed by atoms with Crippen LogP contribution in [0.15, 0.2) is 42.5 Å². The molecule has 2 aromatic carbocycles. The van der Waals surface area contributed by atoms with Crippen LogP contribution in [0.5, 0.6) is 0 Å². The van der Waals surface area contributed by atoms with E-state index in [0.29, 0.717) is 0 Å². The lowest BCUT2D eigenvalue weighted by Gasteiger charge is -2.13. The molecule has 0 heterocycles. The van der Waals surface area contributed by atoms with E-state index in [1.807, 2.05) is 32.3 Å². The number of benzene rings is 2. The molecule has 21 heavy (non-hydrogen) atoms. The Balaban J connectivity index is 2.36. The lowest BCUT2D eigenvalue weighted by molar-refractivity contribution is 0.0697. The number of hydrogen-bond donors (Lipinski definition) is 2. The molecule has 2 N–H and O–H groups in total. The molecule has 0 bridgehead atoms. The molecule has 4 heteroatoms. The Hall–Kier alpha value is -2.17. The van der Waals surface area contributed by atoms with Gasteiger partial charge in [-0.2, -0.15) is 0 Å². The lowest BCUT2D eigenvalue weighted by Crippen LogP contribution is -2.11. The minimum Gasteiger partial charge on any atom is -0.478 e. The summed E-state index contributed by atoms with van der Waals surface area (Å²) in [4.78, 5) is 12.9. The SMILES string of the molecule is CN(C)Cc1ccc(-c2ccc(C(=O)O)cc2)c(CO)c1. The normalized spacial score (nSPS) is 10.9. The predicted molar refractivity (Wildman–Crippen MR) is 82.2 cm³/mol. The molecule has 0 saturated carbocycles. The summed E-state index contributed by atoms with van der Waals surface area (Å²) in [7, 11) is 3.99. The maximum atomic E-state index is 10.9. The summed E-state index contributed by atoms with van der Waals surface area (Å²) in [5.74, 6) is -0.940. The van der Waals surface area contributed by atoms with Gasteiger partial charge in [-0.25, -0.2) is 4.79 Å². The molecule has 0 fully saturated rings. The van der Waals surface area contributed by atoms with Gasteiger partial charge in [0.1, 0.15) is 0 Å². The predicted octanol–water partition coefficient (Wildman–Crippen LogP) is 2.61. The van der Waals surface area contributed by atoms with Crippen LogP contribution in [0, 0.1) is 0 Å². The van der Waals surface area contributed by atoms with Gasteiger partial charge in [0.05, 0.1) is 12.2 Å². The Labute approximate surface area is 124 Å². The van der Waals surface area contributed by atoms with Crippen molar-refractivity contribution in [3.05, 3.63) is 59.2 Å². The zero-order chi connectivity index (χ0) is 15.4. The number of carboxylic acid groups (broad SMARTS) is 1. The highest BCUT2D eigenvalue weighted by Gasteiger charge is 2.08. The molecule has 0 aliphatic heterocycles. The molecule has 0 amide bonds. The van der Waals surface area contributed by atoms with E-state index in [9.17, 15) is 9.90 Å². The fraction of sp³-hybridized carbons (Fsp3) is 0.235. The van der Waals surface area contributed by atoms with Gasteiger partial charge >= 0.3 is 5.97 Å². The number of carbonyl (C=O) groups is 1. The maximum Gasteiger partial charge on any atom is 0.335 e. The molecule has 0 aliphatic rings. The Morgan fingerprint density at radius 2 is 1.76 bits per heavy atom. The van der Waals surface area contributed by atoms with Crippen molar-refractivity contribution in [1.29, 1.82) is 0 Å². The van der Waals surface area contributed by atoms with Crippen molar-refractivity contribution < 1.29 is 15.0 Å². The first kappa shape index (κ1) is 15.2. The summed E-state index contributed by atoms with van der Waals surface area (Å²) in [6, 6.07) is 12.7. The average Bonchev–Trinajstić information content (AvgIpc) is 2.46. The number of aromatic carboxylic acids is 1. The molecular formula is C17H19NO3. The number of aliphatic hydroxyl groups excluding tert-OH is 1. The number of hydrogen-bond acceptors (Lipinski definition) is 3. The van der Waals surface area contributed by atoms with Crippen molar-refractivity contribution in [2.45, 2.75) is 13.2 Å². The molecular weight excluding hydrogens is 266 g/mol. The maximum absolute atomic E-state index is 10.9. The van der Waals surface area contributed by atoms with Crippen LogP contribution in [0.2, 0.25) is 0 Å². The second kappa shape index (κ2) is 6.52. The summed E-state index contributed by atoms with van der Waals surface area (Å²) in [6.07, 6.45) is 0. The number of nitrogens with zero attached hydrogens (tertiary/aromatic N) is 1. The second-order valence-electron chi connectivity index (χ2n) is 5.27. The van der Waals surface area contributed by atoms with Gasteiger partial charge in [0.2, 0.25) is 0 Å². The van der Waals surface area contributed by atoms with Crippen LogP contribution in [0.1, 0.15) is 21.5 Å². The third kappa shape index (κ3) is 3.68. The van der Waals surface area contributed by atoms with Crippen LogP contribution < -0.4 is 0 Å². The van der Waals surface area contributed by atoms with Crippen LogP contribution in [0.4, 0.5) is 0 Å². The highest BCUT2D eigenvalue weighted by molar-refractivity contribution is 5.88. The van der Waals surface area contributed by atoms with Crippen molar-refractivity contribution in [2.75, 3.05) is 14.1 Å². The lowest BCUT2D eigenvalue weighted by atomic mass is 9.97. The molecule has 2 rings (SSSR count). The van der Waals surface area contributed by atoms with E-state index in [1.165, 1.54) is 0 Å². The average molecular weight is 285 g/mol. The van der Waals surface area contributed by atoms with Gasteiger partial charge < -0.3 is 15.1 Å². The summed E-state index contributed by atoms with van der Waals surface area (Å²) >= 11 is 0. The van der Waals surface area contributed by atoms with E-state index < -0.39 is 5.97 Å². The van der Waals surface area contributed by atoms with Gasteiger partial charge in [-0.3, -0.25) is 0 Å². The first-order valence-electron chi connectivity index (χ1n) is 6.72. The van der Waals surface area contributed by atoms with E-state index in [0.717, 1.165) is 28.8 Å². The highest BCUT2D eigenvalue weighted by Crippen LogP contribution is 2.25. The zero-order valence-electron chi connectivity index (χ0n) is 12.2. The van der Waals surface area contributed by atoms with Crippen molar-refractivity contribution in [1.82, 2.24) is 4.90 Å². The van der Waals surface area contributed by atoms with E-state index in [2.05, 4.69) is 4.90 Å². The monoisotopic (exact) mass is 285 g/mol. The van der Waals surface area contributed by atoms with Crippen LogP contribution in [-0.2, 0) is 13.2 Å². The van der Waals surface area contributed by atoms with Crippen molar-refractivity contribution >= 4 is 5.97 Å². The summed E-state index contributed by atoms with van der Waals surface area (Å²) < 4.78 is 0. The topological polar surface area (TPSA) is 60.8 Å². The van der Waals surface area contributed by atoms with Gasteiger partial charge in [0.15, 0.2) is 0 Å². The van der Waals surface area contributed by atoms with Crippen LogP contribution >= 0.6 is 0 Å². The quantitative estimate of drug-likeness (QED) is 0.886. The molecule has 2 aromatic rings. The Morgan fingerprint density at radius 1 is 1.10 bits per heavy atom. The van der Waals surface area contributed by atoms with E-state index >= 15 is 0 Å². The minimum absolute atomic E-state index is 0.0444. The second-order valence-corrected chi connectivity index (χ2v) is 5.27. The van der Waals surface area contributed by atoms with Crippen molar-refractivity contribution in [2.24, 2.45) is 0 Å². The van der Waals surface area contributed by atoms with Gasteiger partial charge in [0, 0.05) is 6.54 Å². The van der Waals surface area contributed by atoms with E-state index in [4.69, 9.17) is 5.11 Å². The molecule has 0 saturated heterocycles. The summed E-state index contributed by atoms with van der Waals surface area (Å²) in [6.45, 7) is 0.766. The smallest absolute Gasteiger partial charge is 0.335 e. The molecule has 0 radical (unpaired) electrons. The molecule has 0 aromatic heterocycles. The van der Waals surface area contributed by atoms with E-state index in [-0.39, 0.29) is 12.2 Å². The fourth-order valence-electron chi connectivity index (χ4n) is 2.32.